The zero-order valence-electron chi connectivity index (χ0n) is 18.5. The lowest BCUT2D eigenvalue weighted by Crippen LogP contribution is -2.27. The number of nitrogens with zero attached hydrogens (tertiary/aromatic N) is 1. The maximum absolute atomic E-state index is 12.9. The van der Waals surface area contributed by atoms with Crippen LogP contribution in [-0.2, 0) is 17.9 Å². The molecule has 5 nitrogen and oxygen atoms in total. The molecule has 174 valence electrons. The van der Waals surface area contributed by atoms with Crippen LogP contribution in [0.15, 0.2) is 70.0 Å². The summed E-state index contributed by atoms with van der Waals surface area (Å²) in [6.45, 7) is 2.55. The Balaban J connectivity index is 1.53. The predicted octanol–water partition coefficient (Wildman–Crippen LogP) is 7.24. The minimum Gasteiger partial charge on any atom is -0.493 e. The summed E-state index contributed by atoms with van der Waals surface area (Å²) in [4.78, 5) is 27.0. The first-order valence-corrected chi connectivity index (χ1v) is 12.4. The van der Waals surface area contributed by atoms with E-state index in [1.165, 1.54) is 10.5 Å². The van der Waals surface area contributed by atoms with Crippen molar-refractivity contribution >= 4 is 56.5 Å². The van der Waals surface area contributed by atoms with Gasteiger partial charge >= 0.3 is 0 Å². The van der Waals surface area contributed by atoms with E-state index in [4.69, 9.17) is 21.1 Å². The van der Waals surface area contributed by atoms with Gasteiger partial charge in [-0.2, -0.15) is 0 Å². The molecule has 0 bridgehead atoms. The lowest BCUT2D eigenvalue weighted by Gasteiger charge is -2.14. The molecule has 8 heteroatoms. The first kappa shape index (κ1) is 24.4. The van der Waals surface area contributed by atoms with E-state index in [9.17, 15) is 9.59 Å². The summed E-state index contributed by atoms with van der Waals surface area (Å²) >= 11 is 10.6. The zero-order chi connectivity index (χ0) is 24.2. The molecule has 1 aliphatic rings. The number of hydrogen-bond acceptors (Lipinski definition) is 5. The number of rotatable bonds is 7. The normalized spacial score (nSPS) is 14.7. The fraction of sp³-hybridized carbons (Fsp3) is 0.154. The van der Waals surface area contributed by atoms with Crippen molar-refractivity contribution < 1.29 is 19.1 Å². The molecule has 1 heterocycles. The van der Waals surface area contributed by atoms with Crippen molar-refractivity contribution in [2.24, 2.45) is 0 Å². The van der Waals surface area contributed by atoms with Gasteiger partial charge in [-0.25, -0.2) is 0 Å². The lowest BCUT2D eigenvalue weighted by molar-refractivity contribution is -0.123. The van der Waals surface area contributed by atoms with Crippen molar-refractivity contribution in [1.29, 1.82) is 0 Å². The van der Waals surface area contributed by atoms with Crippen LogP contribution in [-0.4, -0.2) is 23.2 Å². The molecule has 1 fully saturated rings. The van der Waals surface area contributed by atoms with Crippen molar-refractivity contribution in [3.8, 4) is 11.5 Å². The molecule has 0 N–H and O–H groups in total. The second kappa shape index (κ2) is 10.7. The molecule has 3 aromatic carbocycles. The third-order valence-electron chi connectivity index (χ3n) is 5.21. The molecular formula is C26H21BrClNO4S. The van der Waals surface area contributed by atoms with Crippen LogP contribution in [0.4, 0.5) is 4.79 Å². The maximum atomic E-state index is 12.9. The van der Waals surface area contributed by atoms with Gasteiger partial charge in [0.1, 0.15) is 6.61 Å². The molecular weight excluding hydrogens is 538 g/mol. The van der Waals surface area contributed by atoms with E-state index in [0.717, 1.165) is 17.3 Å². The van der Waals surface area contributed by atoms with Crippen LogP contribution in [0.25, 0.3) is 6.08 Å². The number of benzene rings is 3. The molecule has 0 unspecified atom stereocenters. The van der Waals surface area contributed by atoms with Crippen LogP contribution in [0.5, 0.6) is 11.5 Å². The van der Waals surface area contributed by atoms with Gasteiger partial charge in [-0.1, -0.05) is 59.6 Å². The van der Waals surface area contributed by atoms with E-state index in [0.29, 0.717) is 43.6 Å². The molecule has 1 aliphatic heterocycles. The highest BCUT2D eigenvalue weighted by molar-refractivity contribution is 9.10. The molecule has 4 rings (SSSR count). The number of hydrogen-bond donors (Lipinski definition) is 0. The maximum Gasteiger partial charge on any atom is 0.293 e. The molecule has 3 aromatic rings. The average molecular weight is 559 g/mol. The molecule has 2 amide bonds. The third-order valence-corrected chi connectivity index (χ3v) is 7.08. The Bertz CT molecular complexity index is 1280. The molecule has 0 atom stereocenters. The van der Waals surface area contributed by atoms with Crippen molar-refractivity contribution in [2.75, 3.05) is 7.11 Å². The number of methoxy groups -OCH3 is 1. The van der Waals surface area contributed by atoms with E-state index >= 15 is 0 Å². The van der Waals surface area contributed by atoms with Gasteiger partial charge in [0.25, 0.3) is 11.1 Å². The highest BCUT2D eigenvalue weighted by atomic mass is 79.9. The number of carbonyl (C=O) groups is 2. The highest BCUT2D eigenvalue weighted by Crippen LogP contribution is 2.40. The molecule has 0 saturated carbocycles. The third kappa shape index (κ3) is 5.49. The molecule has 1 saturated heterocycles. The number of thioether (sulfide) groups is 1. The van der Waals surface area contributed by atoms with Gasteiger partial charge in [0.15, 0.2) is 11.5 Å². The van der Waals surface area contributed by atoms with Gasteiger partial charge in [-0.3, -0.25) is 14.5 Å². The average Bonchev–Trinajstić information content (AvgIpc) is 3.07. The summed E-state index contributed by atoms with van der Waals surface area (Å²) < 4.78 is 12.2. The summed E-state index contributed by atoms with van der Waals surface area (Å²) in [5.41, 5.74) is 3.64. The van der Waals surface area contributed by atoms with Crippen molar-refractivity contribution in [1.82, 2.24) is 4.90 Å². The molecule has 34 heavy (non-hydrogen) atoms. The van der Waals surface area contributed by atoms with Crippen LogP contribution in [0.2, 0.25) is 5.02 Å². The van der Waals surface area contributed by atoms with E-state index in [2.05, 4.69) is 15.9 Å². The van der Waals surface area contributed by atoms with E-state index in [-0.39, 0.29) is 17.7 Å². The van der Waals surface area contributed by atoms with E-state index < -0.39 is 0 Å². The first-order valence-electron chi connectivity index (χ1n) is 10.4. The van der Waals surface area contributed by atoms with E-state index in [1.54, 1.807) is 37.5 Å². The Morgan fingerprint density at radius 2 is 1.82 bits per heavy atom. The van der Waals surface area contributed by atoms with Crippen LogP contribution in [0.1, 0.15) is 22.3 Å². The Hall–Kier alpha value is -2.74. The van der Waals surface area contributed by atoms with Crippen molar-refractivity contribution in [2.45, 2.75) is 20.1 Å². The largest absolute Gasteiger partial charge is 0.493 e. The van der Waals surface area contributed by atoms with Crippen LogP contribution < -0.4 is 9.47 Å². The smallest absolute Gasteiger partial charge is 0.293 e. The Morgan fingerprint density at radius 1 is 1.09 bits per heavy atom. The second-order valence-corrected chi connectivity index (χ2v) is 9.92. The number of amides is 2. The first-order chi connectivity index (χ1) is 16.4. The lowest BCUT2D eigenvalue weighted by atomic mass is 10.1. The van der Waals surface area contributed by atoms with Gasteiger partial charge in [0.2, 0.25) is 0 Å². The predicted molar refractivity (Wildman–Crippen MR) is 139 cm³/mol. The minimum atomic E-state index is -0.357. The number of ether oxygens (including phenoxy) is 2. The number of halogens is 2. The second-order valence-electron chi connectivity index (χ2n) is 7.67. The van der Waals surface area contributed by atoms with Gasteiger partial charge < -0.3 is 9.47 Å². The molecule has 0 radical (unpaired) electrons. The number of imide groups is 1. The van der Waals surface area contributed by atoms with Gasteiger partial charge in [-0.05, 0) is 75.6 Å². The molecule has 0 aliphatic carbocycles. The Labute approximate surface area is 215 Å². The fourth-order valence-electron chi connectivity index (χ4n) is 3.39. The summed E-state index contributed by atoms with van der Waals surface area (Å²) in [6.07, 6.45) is 1.68. The summed E-state index contributed by atoms with van der Waals surface area (Å²) in [5.74, 6) is 0.722. The Morgan fingerprint density at radius 3 is 2.53 bits per heavy atom. The van der Waals surface area contributed by atoms with E-state index in [1.807, 2.05) is 43.3 Å². The van der Waals surface area contributed by atoms with Gasteiger partial charge in [0, 0.05) is 5.02 Å². The number of aryl methyl sites for hydroxylation is 1. The van der Waals surface area contributed by atoms with Crippen molar-refractivity contribution in [3.05, 3.63) is 97.3 Å². The van der Waals surface area contributed by atoms with Crippen molar-refractivity contribution in [3.63, 3.8) is 0 Å². The van der Waals surface area contributed by atoms with Gasteiger partial charge in [0.05, 0.1) is 23.0 Å². The number of carbonyl (C=O) groups excluding carboxylic acids is 2. The van der Waals surface area contributed by atoms with Crippen LogP contribution >= 0.6 is 39.3 Å². The highest BCUT2D eigenvalue weighted by Gasteiger charge is 2.35. The topological polar surface area (TPSA) is 55.8 Å². The standard InChI is InChI=1S/C26H21BrClNO4S/c1-16-7-9-17(10-8-16)15-33-24-20(27)11-18(12-22(24)32-2)13-23-25(30)29(26(31)34-23)14-19-5-3-4-6-21(19)28/h3-13H,14-15H2,1-2H3/b23-13-. The van der Waals surface area contributed by atoms with Gasteiger partial charge in [-0.15, -0.1) is 0 Å². The Kier molecular flexibility index (Phi) is 7.66. The monoisotopic (exact) mass is 557 g/mol. The quantitative estimate of drug-likeness (QED) is 0.286. The summed E-state index contributed by atoms with van der Waals surface area (Å²) in [7, 11) is 1.56. The van der Waals surface area contributed by atoms with Crippen LogP contribution in [0.3, 0.4) is 0 Å². The summed E-state index contributed by atoms with van der Waals surface area (Å²) in [6, 6.07) is 18.9. The van der Waals surface area contributed by atoms with Crippen LogP contribution in [0, 0.1) is 6.92 Å². The SMILES string of the molecule is COc1cc(/C=C2\SC(=O)N(Cc3ccccc3Cl)C2=O)cc(Br)c1OCc1ccc(C)cc1. The minimum absolute atomic E-state index is 0.125. The fourth-order valence-corrected chi connectivity index (χ4v) is 5.00. The molecule has 0 spiro atoms. The molecule has 0 aromatic heterocycles. The zero-order valence-corrected chi connectivity index (χ0v) is 21.7. The summed E-state index contributed by atoms with van der Waals surface area (Å²) in [5, 5.41) is 0.181.